The molecule has 5 nitrogen and oxygen atoms in total. The number of halogens is 1. The molecule has 0 spiro atoms. The molecule has 0 aliphatic rings. The Morgan fingerprint density at radius 3 is 2.55 bits per heavy atom. The Hall–Kier alpha value is -0.630. The Kier molecular flexibility index (Phi) is 7.50. The molecule has 1 aromatic heterocycles. The predicted octanol–water partition coefficient (Wildman–Crippen LogP) is 2.09. The smallest absolute Gasteiger partial charge is 0.331 e. The minimum absolute atomic E-state index is 0.226. The van der Waals surface area contributed by atoms with Crippen molar-refractivity contribution in [3.8, 4) is 0 Å². The van der Waals surface area contributed by atoms with Gasteiger partial charge in [0, 0.05) is 19.3 Å². The number of hydrogen-bond acceptors (Lipinski definition) is 3. The van der Waals surface area contributed by atoms with Crippen LogP contribution in [-0.4, -0.2) is 22.3 Å². The average Bonchev–Trinajstić information content (AvgIpc) is 2.39. The van der Waals surface area contributed by atoms with Gasteiger partial charge < -0.3 is 4.74 Å². The van der Waals surface area contributed by atoms with E-state index in [9.17, 15) is 9.59 Å². The molecule has 1 heterocycles. The van der Waals surface area contributed by atoms with Crippen molar-refractivity contribution in [3.63, 3.8) is 0 Å². The topological polar surface area (TPSA) is 53.2 Å². The zero-order valence-corrected chi connectivity index (χ0v) is 14.6. The molecule has 20 heavy (non-hydrogen) atoms. The highest BCUT2D eigenvalue weighted by molar-refractivity contribution is 14.1. The Bertz CT molecular complexity index is 534. The van der Waals surface area contributed by atoms with Crippen LogP contribution in [0.1, 0.15) is 33.6 Å². The summed E-state index contributed by atoms with van der Waals surface area (Å²) in [5.41, 5.74) is -0.472. The lowest BCUT2D eigenvalue weighted by Crippen LogP contribution is -2.41. The largest absolute Gasteiger partial charge is 0.380 e. The number of hydrogen-bond donors (Lipinski definition) is 0. The highest BCUT2D eigenvalue weighted by Crippen LogP contribution is 1.99. The predicted molar refractivity (Wildman–Crippen MR) is 88.2 cm³/mol. The van der Waals surface area contributed by atoms with E-state index in [1.54, 1.807) is 10.8 Å². The van der Waals surface area contributed by atoms with E-state index in [1.807, 2.05) is 29.5 Å². The summed E-state index contributed by atoms with van der Waals surface area (Å²) in [5.74, 6) is 0.595. The van der Waals surface area contributed by atoms with Gasteiger partial charge in [-0.1, -0.05) is 20.8 Å². The molecule has 0 aliphatic carbocycles. The zero-order valence-electron chi connectivity index (χ0n) is 12.4. The van der Waals surface area contributed by atoms with Crippen LogP contribution in [0.15, 0.2) is 15.8 Å². The third-order valence-electron chi connectivity index (χ3n) is 2.96. The van der Waals surface area contributed by atoms with Crippen LogP contribution >= 0.6 is 22.6 Å². The van der Waals surface area contributed by atoms with Crippen molar-refractivity contribution < 1.29 is 4.74 Å². The summed E-state index contributed by atoms with van der Waals surface area (Å²) in [6.07, 6.45) is 3.48. The second-order valence-corrected chi connectivity index (χ2v) is 6.37. The molecule has 0 saturated heterocycles. The second-order valence-electron chi connectivity index (χ2n) is 5.20. The number of rotatable bonds is 8. The quantitative estimate of drug-likeness (QED) is 0.501. The van der Waals surface area contributed by atoms with Crippen LogP contribution in [0.2, 0.25) is 0 Å². The molecular weight excluding hydrogens is 371 g/mol. The van der Waals surface area contributed by atoms with Crippen LogP contribution in [0.3, 0.4) is 0 Å². The van der Waals surface area contributed by atoms with Crippen molar-refractivity contribution in [2.45, 2.75) is 46.7 Å². The number of ether oxygens (including phenoxy) is 1. The van der Waals surface area contributed by atoms with Gasteiger partial charge in [0.15, 0.2) is 0 Å². The van der Waals surface area contributed by atoms with Crippen LogP contribution in [0, 0.1) is 9.49 Å². The van der Waals surface area contributed by atoms with Gasteiger partial charge >= 0.3 is 5.69 Å². The summed E-state index contributed by atoms with van der Waals surface area (Å²) >= 11 is 1.98. The lowest BCUT2D eigenvalue weighted by Gasteiger charge is -2.11. The fourth-order valence-electron chi connectivity index (χ4n) is 1.79. The SMILES string of the molecule is CCCn1cc(I)c(=O)n(CCOCCC(C)C)c1=O. The fourth-order valence-corrected chi connectivity index (χ4v) is 2.42. The monoisotopic (exact) mass is 394 g/mol. The van der Waals surface area contributed by atoms with Crippen molar-refractivity contribution in [1.29, 1.82) is 0 Å². The van der Waals surface area contributed by atoms with E-state index in [1.165, 1.54) is 4.57 Å². The first-order valence-electron chi connectivity index (χ1n) is 7.04. The van der Waals surface area contributed by atoms with E-state index in [0.29, 0.717) is 35.8 Å². The van der Waals surface area contributed by atoms with Crippen molar-refractivity contribution in [2.24, 2.45) is 5.92 Å². The first-order valence-corrected chi connectivity index (χ1v) is 8.12. The molecule has 0 aliphatic heterocycles. The molecule has 0 fully saturated rings. The molecule has 0 unspecified atom stereocenters. The molecule has 0 atom stereocenters. The van der Waals surface area contributed by atoms with E-state index in [0.717, 1.165) is 12.8 Å². The number of aromatic nitrogens is 2. The van der Waals surface area contributed by atoms with Gasteiger partial charge in [0.25, 0.3) is 5.56 Å². The van der Waals surface area contributed by atoms with Gasteiger partial charge in [0.2, 0.25) is 0 Å². The van der Waals surface area contributed by atoms with E-state index < -0.39 is 0 Å². The molecule has 0 amide bonds. The van der Waals surface area contributed by atoms with Gasteiger partial charge in [0.05, 0.1) is 16.7 Å². The molecule has 0 bridgehead atoms. The maximum atomic E-state index is 12.2. The van der Waals surface area contributed by atoms with Crippen LogP contribution in [0.5, 0.6) is 0 Å². The first kappa shape index (κ1) is 17.4. The zero-order chi connectivity index (χ0) is 15.1. The summed E-state index contributed by atoms with van der Waals surface area (Å²) in [6, 6.07) is 0. The molecule has 1 aromatic rings. The molecule has 0 radical (unpaired) electrons. The van der Waals surface area contributed by atoms with Gasteiger partial charge in [-0.2, -0.15) is 0 Å². The van der Waals surface area contributed by atoms with E-state index >= 15 is 0 Å². The standard InChI is InChI=1S/C14H23IN2O3/c1-4-6-16-10-12(15)13(18)17(14(16)19)7-9-20-8-5-11(2)3/h10-11H,4-9H2,1-3H3. The summed E-state index contributed by atoms with van der Waals surface area (Å²) in [6.45, 7) is 8.28. The normalized spacial score (nSPS) is 11.2. The number of aryl methyl sites for hydroxylation is 1. The lowest BCUT2D eigenvalue weighted by atomic mass is 10.1. The van der Waals surface area contributed by atoms with Gasteiger partial charge in [0.1, 0.15) is 0 Å². The fraction of sp³-hybridized carbons (Fsp3) is 0.714. The Labute approximate surface area is 133 Å². The van der Waals surface area contributed by atoms with Crippen molar-refractivity contribution >= 4 is 22.6 Å². The second kappa shape index (κ2) is 8.61. The van der Waals surface area contributed by atoms with E-state index in [2.05, 4.69) is 13.8 Å². The number of nitrogens with zero attached hydrogens (tertiary/aromatic N) is 2. The van der Waals surface area contributed by atoms with Crippen LogP contribution < -0.4 is 11.2 Å². The maximum absolute atomic E-state index is 12.2. The molecule has 114 valence electrons. The highest BCUT2D eigenvalue weighted by Gasteiger charge is 2.09. The summed E-state index contributed by atoms with van der Waals surface area (Å²) < 4.78 is 8.92. The van der Waals surface area contributed by atoms with Crippen LogP contribution in [0.25, 0.3) is 0 Å². The third kappa shape index (κ3) is 5.05. The van der Waals surface area contributed by atoms with Crippen molar-refractivity contribution in [1.82, 2.24) is 9.13 Å². The minimum atomic E-state index is -0.246. The van der Waals surface area contributed by atoms with E-state index in [4.69, 9.17) is 4.74 Å². The van der Waals surface area contributed by atoms with Crippen LogP contribution in [-0.2, 0) is 17.8 Å². The maximum Gasteiger partial charge on any atom is 0.331 e. The molecule has 0 aromatic carbocycles. The van der Waals surface area contributed by atoms with Gasteiger partial charge in [-0.25, -0.2) is 4.79 Å². The summed E-state index contributed by atoms with van der Waals surface area (Å²) in [5, 5.41) is 0. The third-order valence-corrected chi connectivity index (χ3v) is 3.70. The Morgan fingerprint density at radius 1 is 1.25 bits per heavy atom. The summed E-state index contributed by atoms with van der Waals surface area (Å²) in [4.78, 5) is 24.2. The molecule has 6 heteroatoms. The minimum Gasteiger partial charge on any atom is -0.380 e. The molecule has 0 N–H and O–H groups in total. The summed E-state index contributed by atoms with van der Waals surface area (Å²) in [7, 11) is 0. The van der Waals surface area contributed by atoms with Gasteiger partial charge in [-0.15, -0.1) is 0 Å². The first-order chi connectivity index (χ1) is 9.47. The Balaban J connectivity index is 2.74. The molecular formula is C14H23IN2O3. The van der Waals surface area contributed by atoms with Crippen molar-refractivity contribution in [3.05, 3.63) is 30.6 Å². The van der Waals surface area contributed by atoms with E-state index in [-0.39, 0.29) is 11.2 Å². The van der Waals surface area contributed by atoms with Crippen molar-refractivity contribution in [2.75, 3.05) is 13.2 Å². The molecule has 1 rings (SSSR count). The highest BCUT2D eigenvalue weighted by atomic mass is 127. The van der Waals surface area contributed by atoms with Gasteiger partial charge in [-0.3, -0.25) is 13.9 Å². The lowest BCUT2D eigenvalue weighted by molar-refractivity contribution is 0.114. The Morgan fingerprint density at radius 2 is 1.95 bits per heavy atom. The van der Waals surface area contributed by atoms with Gasteiger partial charge in [-0.05, 0) is 41.4 Å². The van der Waals surface area contributed by atoms with Crippen LogP contribution in [0.4, 0.5) is 0 Å². The molecule has 0 saturated carbocycles. The average molecular weight is 394 g/mol.